The number of hydrogen-bond donors (Lipinski definition) is 0. The Hall–Kier alpha value is -2.88. The molecule has 2 heterocycles. The van der Waals surface area contributed by atoms with E-state index < -0.39 is 35.0 Å². The second kappa shape index (κ2) is 7.27. The lowest BCUT2D eigenvalue weighted by molar-refractivity contribution is -0.152. The van der Waals surface area contributed by atoms with Crippen LogP contribution in [0.4, 0.5) is 13.2 Å². The van der Waals surface area contributed by atoms with E-state index in [2.05, 4.69) is 9.72 Å². The Morgan fingerprint density at radius 3 is 2.61 bits per heavy atom. The molecular weight excluding hydrogens is 399 g/mol. The van der Waals surface area contributed by atoms with Crippen molar-refractivity contribution in [2.24, 2.45) is 0 Å². The van der Waals surface area contributed by atoms with Gasteiger partial charge in [0.05, 0.1) is 28.8 Å². The Morgan fingerprint density at radius 1 is 1.32 bits per heavy atom. The van der Waals surface area contributed by atoms with Gasteiger partial charge in [0.15, 0.2) is 6.10 Å². The van der Waals surface area contributed by atoms with Gasteiger partial charge in [-0.25, -0.2) is 9.78 Å². The number of aromatic nitrogens is 1. The number of ether oxygens (including phenoxy) is 2. The van der Waals surface area contributed by atoms with Gasteiger partial charge in [-0.2, -0.15) is 13.2 Å². The lowest BCUT2D eigenvalue weighted by Crippen LogP contribution is -2.24. The fourth-order valence-electron chi connectivity index (χ4n) is 2.58. The molecule has 0 aliphatic heterocycles. The molecule has 0 amide bonds. The molecule has 0 radical (unpaired) electrons. The number of aryl methyl sites for hydroxylation is 1. The number of carbonyl (C=O) groups is 1. The average Bonchev–Trinajstić information content (AvgIpc) is 3.05. The molecule has 3 rings (SSSR count). The molecule has 1 aromatic carbocycles. The van der Waals surface area contributed by atoms with Gasteiger partial charge in [0.1, 0.15) is 11.3 Å². The van der Waals surface area contributed by atoms with Crippen molar-refractivity contribution in [1.82, 2.24) is 4.98 Å². The van der Waals surface area contributed by atoms with Crippen LogP contribution in [0.1, 0.15) is 17.7 Å². The first-order valence-electron chi connectivity index (χ1n) is 7.97. The molecule has 2 aromatic heterocycles. The van der Waals surface area contributed by atoms with Crippen LogP contribution in [0, 0.1) is 6.92 Å². The van der Waals surface area contributed by atoms with Gasteiger partial charge in [-0.3, -0.25) is 4.79 Å². The summed E-state index contributed by atoms with van der Waals surface area (Å²) in [5, 5.41) is 1.83. The molecule has 0 spiro atoms. The molecule has 0 bridgehead atoms. The van der Waals surface area contributed by atoms with Crippen LogP contribution in [0.5, 0.6) is 5.75 Å². The molecule has 0 N–H and O–H groups in total. The molecule has 148 valence electrons. The summed E-state index contributed by atoms with van der Waals surface area (Å²) in [5.74, 6) is -2.04. The first kappa shape index (κ1) is 19.9. The van der Waals surface area contributed by atoms with Crippen LogP contribution < -0.4 is 10.2 Å². The summed E-state index contributed by atoms with van der Waals surface area (Å²) in [6.07, 6.45) is -5.90. The molecular formula is C18H14F3NO5S. The number of fused-ring (bicyclic) bond motifs is 1. The van der Waals surface area contributed by atoms with E-state index in [1.807, 2.05) is 0 Å². The molecule has 0 saturated carbocycles. The highest BCUT2D eigenvalue weighted by Crippen LogP contribution is 2.38. The number of hydrogen-bond acceptors (Lipinski definition) is 7. The first-order valence-corrected chi connectivity index (χ1v) is 8.85. The van der Waals surface area contributed by atoms with Crippen LogP contribution in [0.15, 0.2) is 32.8 Å². The van der Waals surface area contributed by atoms with Crippen molar-refractivity contribution in [2.45, 2.75) is 26.1 Å². The van der Waals surface area contributed by atoms with Crippen molar-refractivity contribution >= 4 is 28.3 Å². The minimum Gasteiger partial charge on any atom is -0.479 e. The van der Waals surface area contributed by atoms with Crippen molar-refractivity contribution in [1.29, 1.82) is 0 Å². The number of methoxy groups -OCH3 is 1. The van der Waals surface area contributed by atoms with Gasteiger partial charge < -0.3 is 13.9 Å². The zero-order chi connectivity index (χ0) is 20.6. The Balaban J connectivity index is 2.19. The van der Waals surface area contributed by atoms with Crippen molar-refractivity contribution < 1.29 is 31.9 Å². The number of halogens is 3. The summed E-state index contributed by atoms with van der Waals surface area (Å²) in [5.41, 5.74) is -1.90. The van der Waals surface area contributed by atoms with E-state index in [1.165, 1.54) is 31.5 Å². The summed E-state index contributed by atoms with van der Waals surface area (Å²) < 4.78 is 55.6. The lowest BCUT2D eigenvalue weighted by atomic mass is 10.1. The zero-order valence-corrected chi connectivity index (χ0v) is 15.7. The molecule has 6 nitrogen and oxygen atoms in total. The predicted molar refractivity (Wildman–Crippen MR) is 95.4 cm³/mol. The van der Waals surface area contributed by atoms with E-state index in [0.29, 0.717) is 5.01 Å². The monoisotopic (exact) mass is 413 g/mol. The molecule has 10 heteroatoms. The number of nitrogens with zero attached hydrogens (tertiary/aromatic N) is 1. The number of esters is 1. The summed E-state index contributed by atoms with van der Waals surface area (Å²) in [6.45, 7) is 3.04. The largest absolute Gasteiger partial charge is 0.479 e. The summed E-state index contributed by atoms with van der Waals surface area (Å²) in [4.78, 5) is 28.2. The van der Waals surface area contributed by atoms with E-state index in [0.717, 1.165) is 17.4 Å². The number of thiazole rings is 1. The van der Waals surface area contributed by atoms with Crippen molar-refractivity contribution in [2.75, 3.05) is 7.11 Å². The number of alkyl halides is 3. The van der Waals surface area contributed by atoms with Crippen molar-refractivity contribution in [3.63, 3.8) is 0 Å². The summed E-state index contributed by atoms with van der Waals surface area (Å²) in [7, 11) is 1.18. The topological polar surface area (TPSA) is 78.6 Å². The number of benzene rings is 1. The second-order valence-corrected chi connectivity index (χ2v) is 6.89. The standard InChI is InChI=1S/C18H14F3NO5S/c1-8(17(24)25-3)26-10-4-5-11-13(6-10)27-16(18(19,20)21)14(15(11)23)12-7-28-9(2)22-12/h4-8H,1-3H3/t8-/m0/s1. The molecule has 0 aliphatic carbocycles. The second-order valence-electron chi connectivity index (χ2n) is 5.83. The van der Waals surface area contributed by atoms with Gasteiger partial charge in [-0.1, -0.05) is 0 Å². The third-order valence-corrected chi connectivity index (χ3v) is 4.62. The van der Waals surface area contributed by atoms with E-state index in [1.54, 1.807) is 6.92 Å². The van der Waals surface area contributed by atoms with Crippen molar-refractivity contribution in [3.05, 3.63) is 44.6 Å². The lowest BCUT2D eigenvalue weighted by Gasteiger charge is -2.14. The van der Waals surface area contributed by atoms with Gasteiger partial charge in [0, 0.05) is 11.4 Å². The molecule has 0 saturated heterocycles. The van der Waals surface area contributed by atoms with Crippen LogP contribution in [0.3, 0.4) is 0 Å². The number of carbonyl (C=O) groups excluding carboxylic acids is 1. The quantitative estimate of drug-likeness (QED) is 0.597. The minimum absolute atomic E-state index is 0.0546. The van der Waals surface area contributed by atoms with E-state index >= 15 is 0 Å². The summed E-state index contributed by atoms with van der Waals surface area (Å²) in [6, 6.07) is 3.77. The first-order chi connectivity index (χ1) is 13.1. The Kier molecular flexibility index (Phi) is 5.16. The van der Waals surface area contributed by atoms with Crippen LogP contribution in [0.2, 0.25) is 0 Å². The molecule has 0 fully saturated rings. The van der Waals surface area contributed by atoms with E-state index in [9.17, 15) is 22.8 Å². The Morgan fingerprint density at radius 2 is 2.04 bits per heavy atom. The smallest absolute Gasteiger partial charge is 0.450 e. The maximum absolute atomic E-state index is 13.6. The third kappa shape index (κ3) is 3.72. The maximum Gasteiger partial charge on any atom is 0.450 e. The minimum atomic E-state index is -4.91. The van der Waals surface area contributed by atoms with Crippen LogP contribution in [-0.2, 0) is 15.7 Å². The highest BCUT2D eigenvalue weighted by Gasteiger charge is 2.40. The summed E-state index contributed by atoms with van der Waals surface area (Å²) >= 11 is 1.12. The highest BCUT2D eigenvalue weighted by atomic mass is 32.1. The van der Waals surface area contributed by atoms with E-state index in [4.69, 9.17) is 9.15 Å². The predicted octanol–water partition coefficient (Wildman–Crippen LogP) is 4.18. The van der Waals surface area contributed by atoms with E-state index in [-0.39, 0.29) is 22.4 Å². The fraction of sp³-hybridized carbons (Fsp3) is 0.278. The molecule has 1 atom stereocenters. The average molecular weight is 413 g/mol. The van der Waals surface area contributed by atoms with Crippen LogP contribution in [-0.4, -0.2) is 24.2 Å². The Bertz CT molecular complexity index is 1100. The molecule has 28 heavy (non-hydrogen) atoms. The number of rotatable bonds is 4. The van der Waals surface area contributed by atoms with Gasteiger partial charge in [-0.15, -0.1) is 11.3 Å². The van der Waals surface area contributed by atoms with Crippen LogP contribution >= 0.6 is 11.3 Å². The van der Waals surface area contributed by atoms with Gasteiger partial charge in [0.25, 0.3) is 0 Å². The maximum atomic E-state index is 13.6. The van der Waals surface area contributed by atoms with Gasteiger partial charge >= 0.3 is 12.1 Å². The van der Waals surface area contributed by atoms with Gasteiger partial charge in [0.2, 0.25) is 11.2 Å². The highest BCUT2D eigenvalue weighted by molar-refractivity contribution is 7.09. The fourth-order valence-corrected chi connectivity index (χ4v) is 3.18. The van der Waals surface area contributed by atoms with Gasteiger partial charge in [-0.05, 0) is 26.0 Å². The molecule has 0 unspecified atom stereocenters. The SMILES string of the molecule is COC(=O)[C@H](C)Oc1ccc2c(=O)c(-c3csc(C)n3)c(C(F)(F)F)oc2c1. The molecule has 3 aromatic rings. The normalized spacial score (nSPS) is 12.8. The zero-order valence-electron chi connectivity index (χ0n) is 14.9. The third-order valence-electron chi connectivity index (χ3n) is 3.84. The van der Waals surface area contributed by atoms with Crippen LogP contribution in [0.25, 0.3) is 22.2 Å². The Labute approximate surface area is 160 Å². The molecule has 0 aliphatic rings. The van der Waals surface area contributed by atoms with Crippen molar-refractivity contribution in [3.8, 4) is 17.0 Å².